The molecule has 7 nitrogen and oxygen atoms in total. The number of methoxy groups -OCH3 is 2. The number of carboxylic acids is 1. The van der Waals surface area contributed by atoms with Gasteiger partial charge < -0.3 is 24.8 Å². The number of ether oxygens (including phenoxy) is 2. The number of likely N-dealkylation sites (tertiary alicyclic amines) is 1. The monoisotopic (exact) mass is 350 g/mol. The zero-order chi connectivity index (χ0) is 18.4. The molecule has 1 fully saturated rings. The number of carboxylic acid groups (broad SMARTS) is 1. The van der Waals surface area contributed by atoms with E-state index >= 15 is 0 Å². The molecule has 138 valence electrons. The fourth-order valence-corrected chi connectivity index (χ4v) is 3.17. The lowest BCUT2D eigenvalue weighted by atomic mass is 9.91. The highest BCUT2D eigenvalue weighted by Crippen LogP contribution is 2.25. The van der Waals surface area contributed by atoms with Crippen LogP contribution in [0.2, 0.25) is 0 Å². The highest BCUT2D eigenvalue weighted by atomic mass is 16.5. The average molecular weight is 350 g/mol. The van der Waals surface area contributed by atoms with E-state index in [4.69, 9.17) is 9.47 Å². The normalized spacial score (nSPS) is 20.0. The number of benzene rings is 1. The van der Waals surface area contributed by atoms with Crippen molar-refractivity contribution in [3.05, 3.63) is 23.8 Å². The maximum atomic E-state index is 12.3. The van der Waals surface area contributed by atoms with Crippen molar-refractivity contribution in [2.45, 2.75) is 19.8 Å². The fourth-order valence-electron chi connectivity index (χ4n) is 3.17. The van der Waals surface area contributed by atoms with E-state index < -0.39 is 11.9 Å². The van der Waals surface area contributed by atoms with E-state index in [1.807, 2.05) is 19.1 Å². The molecule has 2 atom stereocenters. The molecule has 7 heteroatoms. The molecule has 0 spiro atoms. The molecule has 0 saturated carbocycles. The Hall–Kier alpha value is -2.44. The van der Waals surface area contributed by atoms with Gasteiger partial charge in [-0.15, -0.1) is 0 Å². The van der Waals surface area contributed by atoms with Crippen LogP contribution in [0.15, 0.2) is 18.2 Å². The maximum Gasteiger partial charge on any atom is 0.317 e. The van der Waals surface area contributed by atoms with E-state index in [1.54, 1.807) is 25.2 Å². The van der Waals surface area contributed by atoms with Gasteiger partial charge >= 0.3 is 12.0 Å². The van der Waals surface area contributed by atoms with Crippen LogP contribution in [-0.2, 0) is 11.2 Å². The van der Waals surface area contributed by atoms with Gasteiger partial charge in [-0.1, -0.05) is 13.0 Å². The molecule has 1 heterocycles. The lowest BCUT2D eigenvalue weighted by Gasteiger charge is -2.34. The molecule has 2 rings (SSSR count). The van der Waals surface area contributed by atoms with E-state index in [-0.39, 0.29) is 18.5 Å². The molecule has 1 saturated heterocycles. The second-order valence-corrected chi connectivity index (χ2v) is 6.44. The Kier molecular flexibility index (Phi) is 6.50. The Balaban J connectivity index is 1.89. The van der Waals surface area contributed by atoms with E-state index in [0.717, 1.165) is 5.56 Å². The van der Waals surface area contributed by atoms with Gasteiger partial charge in [0.1, 0.15) is 11.5 Å². The van der Waals surface area contributed by atoms with Crippen molar-refractivity contribution in [3.8, 4) is 11.5 Å². The van der Waals surface area contributed by atoms with E-state index in [9.17, 15) is 14.7 Å². The van der Waals surface area contributed by atoms with Gasteiger partial charge in [-0.2, -0.15) is 0 Å². The molecule has 0 aliphatic carbocycles. The zero-order valence-electron chi connectivity index (χ0n) is 14.9. The summed E-state index contributed by atoms with van der Waals surface area (Å²) in [5, 5.41) is 12.1. The largest absolute Gasteiger partial charge is 0.497 e. The second-order valence-electron chi connectivity index (χ2n) is 6.44. The van der Waals surface area contributed by atoms with Gasteiger partial charge in [-0.25, -0.2) is 4.79 Å². The number of urea groups is 1. The highest BCUT2D eigenvalue weighted by Gasteiger charge is 2.31. The van der Waals surface area contributed by atoms with Crippen LogP contribution < -0.4 is 14.8 Å². The minimum atomic E-state index is -0.840. The summed E-state index contributed by atoms with van der Waals surface area (Å²) in [5.74, 6) is 0.281. The predicted octanol–water partition coefficient (Wildman–Crippen LogP) is 2.00. The Morgan fingerprint density at radius 2 is 2.04 bits per heavy atom. The van der Waals surface area contributed by atoms with Gasteiger partial charge in [0, 0.05) is 25.7 Å². The van der Waals surface area contributed by atoms with Crippen LogP contribution in [-0.4, -0.2) is 55.9 Å². The summed E-state index contributed by atoms with van der Waals surface area (Å²) in [6.45, 7) is 3.26. The van der Waals surface area contributed by atoms with Crippen molar-refractivity contribution in [2.75, 3.05) is 33.9 Å². The first-order valence-electron chi connectivity index (χ1n) is 8.41. The molecule has 1 aromatic rings. The maximum absolute atomic E-state index is 12.3. The standard InChI is InChI=1S/C18H26N2O5/c1-12-8-14(17(21)22)11-20(10-12)18(23)19-7-6-13-4-5-15(24-2)9-16(13)25-3/h4-5,9,12,14H,6-8,10-11H2,1-3H3,(H,19,23)(H,21,22). The molecule has 25 heavy (non-hydrogen) atoms. The number of piperidine rings is 1. The molecular weight excluding hydrogens is 324 g/mol. The zero-order valence-corrected chi connectivity index (χ0v) is 14.9. The van der Waals surface area contributed by atoms with E-state index in [0.29, 0.717) is 37.4 Å². The van der Waals surface area contributed by atoms with Gasteiger partial charge in [-0.05, 0) is 30.4 Å². The summed E-state index contributed by atoms with van der Waals surface area (Å²) in [6.07, 6.45) is 1.23. The minimum Gasteiger partial charge on any atom is -0.497 e. The van der Waals surface area contributed by atoms with Crippen molar-refractivity contribution in [2.24, 2.45) is 11.8 Å². The summed E-state index contributed by atoms with van der Waals surface area (Å²) in [7, 11) is 3.19. The van der Waals surface area contributed by atoms with Crippen LogP contribution >= 0.6 is 0 Å². The lowest BCUT2D eigenvalue weighted by molar-refractivity contribution is -0.143. The van der Waals surface area contributed by atoms with Crippen molar-refractivity contribution in [1.82, 2.24) is 10.2 Å². The molecule has 0 bridgehead atoms. The molecule has 0 aromatic heterocycles. The number of carbonyl (C=O) groups is 2. The Bertz CT molecular complexity index is 619. The van der Waals surface area contributed by atoms with Crippen LogP contribution in [0.3, 0.4) is 0 Å². The van der Waals surface area contributed by atoms with Gasteiger partial charge in [0.25, 0.3) is 0 Å². The molecule has 2 amide bonds. The first kappa shape index (κ1) is 18.9. The number of hydrogen-bond donors (Lipinski definition) is 2. The smallest absolute Gasteiger partial charge is 0.317 e. The van der Waals surface area contributed by atoms with Gasteiger partial charge in [0.15, 0.2) is 0 Å². The number of carbonyl (C=O) groups excluding carboxylic acids is 1. The van der Waals surface area contributed by atoms with Crippen LogP contribution in [0.4, 0.5) is 4.79 Å². The molecule has 1 aromatic carbocycles. The van der Waals surface area contributed by atoms with Gasteiger partial charge in [0.2, 0.25) is 0 Å². The first-order chi connectivity index (χ1) is 11.9. The number of amides is 2. The van der Waals surface area contributed by atoms with Crippen molar-refractivity contribution in [3.63, 3.8) is 0 Å². The number of nitrogens with zero attached hydrogens (tertiary/aromatic N) is 1. The Labute approximate surface area is 147 Å². The SMILES string of the molecule is COc1ccc(CCNC(=O)N2CC(C)CC(C(=O)O)C2)c(OC)c1. The fraction of sp³-hybridized carbons (Fsp3) is 0.556. The van der Waals surface area contributed by atoms with Crippen molar-refractivity contribution in [1.29, 1.82) is 0 Å². The number of rotatable bonds is 6. The lowest BCUT2D eigenvalue weighted by Crippen LogP contribution is -2.49. The summed E-state index contributed by atoms with van der Waals surface area (Å²) < 4.78 is 10.5. The summed E-state index contributed by atoms with van der Waals surface area (Å²) in [4.78, 5) is 25.1. The third kappa shape index (κ3) is 5.01. The molecule has 1 aliphatic heterocycles. The van der Waals surface area contributed by atoms with Gasteiger partial charge in [-0.3, -0.25) is 4.79 Å². The number of hydrogen-bond acceptors (Lipinski definition) is 4. The quantitative estimate of drug-likeness (QED) is 0.819. The van der Waals surface area contributed by atoms with Crippen LogP contribution in [0.1, 0.15) is 18.9 Å². The molecule has 0 radical (unpaired) electrons. The van der Waals surface area contributed by atoms with Crippen molar-refractivity contribution >= 4 is 12.0 Å². The Morgan fingerprint density at radius 1 is 1.28 bits per heavy atom. The topological polar surface area (TPSA) is 88.1 Å². The minimum absolute atomic E-state index is 0.183. The predicted molar refractivity (Wildman–Crippen MR) is 93.1 cm³/mol. The van der Waals surface area contributed by atoms with E-state index in [1.165, 1.54) is 0 Å². The molecular formula is C18H26N2O5. The molecule has 2 N–H and O–H groups in total. The molecule has 2 unspecified atom stereocenters. The third-order valence-corrected chi connectivity index (χ3v) is 4.46. The average Bonchev–Trinajstić information content (AvgIpc) is 2.61. The summed E-state index contributed by atoms with van der Waals surface area (Å²) >= 11 is 0. The summed E-state index contributed by atoms with van der Waals surface area (Å²) in [5.41, 5.74) is 0.971. The number of nitrogens with one attached hydrogen (secondary N) is 1. The van der Waals surface area contributed by atoms with Gasteiger partial charge in [0.05, 0.1) is 20.1 Å². The first-order valence-corrected chi connectivity index (χ1v) is 8.41. The van der Waals surface area contributed by atoms with Crippen LogP contribution in [0.5, 0.6) is 11.5 Å². The highest BCUT2D eigenvalue weighted by molar-refractivity contribution is 5.76. The van der Waals surface area contributed by atoms with E-state index in [2.05, 4.69) is 5.32 Å². The van der Waals surface area contributed by atoms with Crippen molar-refractivity contribution < 1.29 is 24.2 Å². The second kappa shape index (κ2) is 8.60. The Morgan fingerprint density at radius 3 is 2.68 bits per heavy atom. The third-order valence-electron chi connectivity index (χ3n) is 4.46. The summed E-state index contributed by atoms with van der Waals surface area (Å²) in [6, 6.07) is 5.35. The van der Waals surface area contributed by atoms with Crippen LogP contribution in [0.25, 0.3) is 0 Å². The number of aliphatic carboxylic acids is 1. The van der Waals surface area contributed by atoms with Crippen LogP contribution in [0, 0.1) is 11.8 Å². The molecule has 1 aliphatic rings.